The van der Waals surface area contributed by atoms with Crippen molar-refractivity contribution in [2.45, 2.75) is 31.2 Å². The minimum Gasteiger partial charge on any atom is -0.480 e. The van der Waals surface area contributed by atoms with Gasteiger partial charge in [-0.1, -0.05) is 18.9 Å². The Morgan fingerprint density at radius 2 is 2.00 bits per heavy atom. The van der Waals surface area contributed by atoms with Crippen molar-refractivity contribution in [2.24, 2.45) is 0 Å². The van der Waals surface area contributed by atoms with Gasteiger partial charge in [0.15, 0.2) is 0 Å². The first-order valence-electron chi connectivity index (χ1n) is 6.08. The third kappa shape index (κ3) is 3.22. The van der Waals surface area contributed by atoms with E-state index in [1.807, 2.05) is 0 Å². The van der Waals surface area contributed by atoms with Gasteiger partial charge in [0.1, 0.15) is 5.54 Å². The van der Waals surface area contributed by atoms with E-state index in [1.165, 1.54) is 11.0 Å². The first-order valence-corrected chi connectivity index (χ1v) is 6.08. The lowest BCUT2D eigenvalue weighted by atomic mass is 9.98. The first kappa shape index (κ1) is 14.5. The first-order chi connectivity index (χ1) is 8.55. The Bertz CT molecular complexity index is 324. The Balaban J connectivity index is 2.70. The molecule has 1 rings (SSSR count). The highest BCUT2D eigenvalue weighted by atomic mass is 16.4. The van der Waals surface area contributed by atoms with Crippen LogP contribution < -0.4 is 5.32 Å². The zero-order valence-electron chi connectivity index (χ0n) is 10.4. The molecule has 0 aromatic carbocycles. The molecule has 18 heavy (non-hydrogen) atoms. The van der Waals surface area contributed by atoms with Crippen LogP contribution in [0.4, 0.5) is 4.79 Å². The quantitative estimate of drug-likeness (QED) is 0.606. The Morgan fingerprint density at radius 3 is 2.44 bits per heavy atom. The number of urea groups is 1. The van der Waals surface area contributed by atoms with E-state index in [1.54, 1.807) is 0 Å². The summed E-state index contributed by atoms with van der Waals surface area (Å²) in [5.41, 5.74) is -1.15. The molecule has 0 atom stereocenters. The van der Waals surface area contributed by atoms with Crippen molar-refractivity contribution in [2.75, 3.05) is 19.7 Å². The molecular weight excluding hydrogens is 236 g/mol. The molecule has 0 saturated heterocycles. The molecule has 0 aromatic rings. The van der Waals surface area contributed by atoms with E-state index in [0.717, 1.165) is 12.8 Å². The number of carbonyl (C=O) groups is 2. The summed E-state index contributed by atoms with van der Waals surface area (Å²) in [5, 5.41) is 20.7. The molecule has 0 aromatic heterocycles. The minimum absolute atomic E-state index is 0.160. The van der Waals surface area contributed by atoms with Crippen LogP contribution in [0.3, 0.4) is 0 Å². The summed E-state index contributed by atoms with van der Waals surface area (Å²) in [6.45, 7) is 3.80. The molecule has 1 saturated carbocycles. The zero-order chi connectivity index (χ0) is 13.6. The van der Waals surface area contributed by atoms with Crippen LogP contribution in [0.2, 0.25) is 0 Å². The summed E-state index contributed by atoms with van der Waals surface area (Å²) in [6, 6.07) is -0.465. The molecular formula is C12H20N2O4. The number of nitrogens with zero attached hydrogens (tertiary/aromatic N) is 1. The van der Waals surface area contributed by atoms with Crippen LogP contribution in [0.1, 0.15) is 25.7 Å². The van der Waals surface area contributed by atoms with Crippen molar-refractivity contribution in [3.63, 3.8) is 0 Å². The van der Waals surface area contributed by atoms with E-state index in [9.17, 15) is 14.7 Å². The largest absolute Gasteiger partial charge is 0.480 e. The number of aliphatic hydroxyl groups is 1. The molecule has 6 heteroatoms. The van der Waals surface area contributed by atoms with Crippen LogP contribution in [0.25, 0.3) is 0 Å². The molecule has 0 radical (unpaired) electrons. The Hall–Kier alpha value is -1.56. The van der Waals surface area contributed by atoms with Crippen molar-refractivity contribution in [3.05, 3.63) is 12.7 Å². The second-order valence-electron chi connectivity index (χ2n) is 4.48. The highest BCUT2D eigenvalue weighted by Crippen LogP contribution is 2.30. The number of carboxylic acid groups (broad SMARTS) is 1. The van der Waals surface area contributed by atoms with E-state index < -0.39 is 17.5 Å². The molecule has 0 unspecified atom stereocenters. The molecule has 0 aliphatic heterocycles. The zero-order valence-corrected chi connectivity index (χ0v) is 10.4. The number of hydrogen-bond acceptors (Lipinski definition) is 3. The summed E-state index contributed by atoms with van der Waals surface area (Å²) in [4.78, 5) is 24.6. The van der Waals surface area contributed by atoms with Gasteiger partial charge in [0.05, 0.1) is 6.61 Å². The van der Waals surface area contributed by atoms with Gasteiger partial charge < -0.3 is 20.4 Å². The van der Waals surface area contributed by atoms with Crippen LogP contribution in [0, 0.1) is 0 Å². The molecule has 0 heterocycles. The number of nitrogens with one attached hydrogen (secondary N) is 1. The maximum Gasteiger partial charge on any atom is 0.329 e. The van der Waals surface area contributed by atoms with E-state index in [2.05, 4.69) is 11.9 Å². The lowest BCUT2D eigenvalue weighted by molar-refractivity contribution is -0.144. The van der Waals surface area contributed by atoms with Crippen molar-refractivity contribution in [3.8, 4) is 0 Å². The number of hydrogen-bond donors (Lipinski definition) is 3. The maximum atomic E-state index is 12.0. The van der Waals surface area contributed by atoms with Crippen LogP contribution in [-0.4, -0.2) is 52.3 Å². The molecule has 1 fully saturated rings. The van der Waals surface area contributed by atoms with Crippen molar-refractivity contribution in [1.29, 1.82) is 0 Å². The van der Waals surface area contributed by atoms with Gasteiger partial charge in [-0.3, -0.25) is 0 Å². The van der Waals surface area contributed by atoms with Gasteiger partial charge in [0, 0.05) is 13.1 Å². The molecule has 102 valence electrons. The predicted molar refractivity (Wildman–Crippen MR) is 66.2 cm³/mol. The monoisotopic (exact) mass is 256 g/mol. The summed E-state index contributed by atoms with van der Waals surface area (Å²) < 4.78 is 0. The SMILES string of the molecule is C=CCN(CCO)C(=O)NC1(C(=O)O)CCCC1. The van der Waals surface area contributed by atoms with E-state index in [4.69, 9.17) is 5.11 Å². The maximum absolute atomic E-state index is 12.0. The smallest absolute Gasteiger partial charge is 0.329 e. The standard InChI is InChI=1S/C12H20N2O4/c1-2-7-14(8-9-15)11(18)13-12(10(16)17)5-3-4-6-12/h2,15H,1,3-9H2,(H,13,18)(H,16,17). The molecule has 0 bridgehead atoms. The number of carboxylic acids is 1. The number of aliphatic hydroxyl groups excluding tert-OH is 1. The number of rotatable bonds is 6. The molecule has 2 amide bonds. The topological polar surface area (TPSA) is 89.9 Å². The summed E-state index contributed by atoms with van der Waals surface area (Å²) in [6.07, 6.45) is 4.05. The summed E-state index contributed by atoms with van der Waals surface area (Å²) in [5.74, 6) is -0.990. The molecule has 0 spiro atoms. The van der Waals surface area contributed by atoms with E-state index >= 15 is 0 Å². The Labute approximate surface area is 106 Å². The average Bonchev–Trinajstić information content (AvgIpc) is 2.78. The van der Waals surface area contributed by atoms with E-state index in [-0.39, 0.29) is 19.7 Å². The Morgan fingerprint density at radius 1 is 1.39 bits per heavy atom. The lowest BCUT2D eigenvalue weighted by Crippen LogP contribution is -2.56. The van der Waals surface area contributed by atoms with Crippen molar-refractivity contribution >= 4 is 12.0 Å². The number of carbonyl (C=O) groups excluding carboxylic acids is 1. The van der Waals surface area contributed by atoms with Crippen LogP contribution >= 0.6 is 0 Å². The summed E-state index contributed by atoms with van der Waals surface area (Å²) >= 11 is 0. The van der Waals surface area contributed by atoms with Crippen molar-refractivity contribution in [1.82, 2.24) is 10.2 Å². The minimum atomic E-state index is -1.15. The fourth-order valence-corrected chi connectivity index (χ4v) is 2.21. The highest BCUT2D eigenvalue weighted by molar-refractivity contribution is 5.86. The molecule has 1 aliphatic carbocycles. The molecule has 1 aliphatic rings. The average molecular weight is 256 g/mol. The van der Waals surface area contributed by atoms with Gasteiger partial charge in [-0.15, -0.1) is 6.58 Å². The second kappa shape index (κ2) is 6.39. The van der Waals surface area contributed by atoms with Gasteiger partial charge in [-0.05, 0) is 12.8 Å². The molecule has 3 N–H and O–H groups in total. The van der Waals surface area contributed by atoms with Crippen LogP contribution in [0.15, 0.2) is 12.7 Å². The van der Waals surface area contributed by atoms with Gasteiger partial charge >= 0.3 is 12.0 Å². The fourth-order valence-electron chi connectivity index (χ4n) is 2.21. The fraction of sp³-hybridized carbons (Fsp3) is 0.667. The van der Waals surface area contributed by atoms with Crippen molar-refractivity contribution < 1.29 is 19.8 Å². The van der Waals surface area contributed by atoms with E-state index in [0.29, 0.717) is 12.8 Å². The summed E-state index contributed by atoms with van der Waals surface area (Å²) in [7, 11) is 0. The highest BCUT2D eigenvalue weighted by Gasteiger charge is 2.43. The van der Waals surface area contributed by atoms with Gasteiger partial charge in [0.25, 0.3) is 0 Å². The Kier molecular flexibility index (Phi) is 5.15. The van der Waals surface area contributed by atoms with Gasteiger partial charge in [-0.25, -0.2) is 9.59 Å². The number of aliphatic carboxylic acids is 1. The van der Waals surface area contributed by atoms with Crippen LogP contribution in [0.5, 0.6) is 0 Å². The third-order valence-corrected chi connectivity index (χ3v) is 3.22. The van der Waals surface area contributed by atoms with Gasteiger partial charge in [-0.2, -0.15) is 0 Å². The van der Waals surface area contributed by atoms with Crippen LogP contribution in [-0.2, 0) is 4.79 Å². The number of amides is 2. The second-order valence-corrected chi connectivity index (χ2v) is 4.48. The predicted octanol–water partition coefficient (Wildman–Crippen LogP) is 0.574. The van der Waals surface area contributed by atoms with Gasteiger partial charge in [0.2, 0.25) is 0 Å². The molecule has 6 nitrogen and oxygen atoms in total. The normalized spacial score (nSPS) is 17.2. The third-order valence-electron chi connectivity index (χ3n) is 3.22. The lowest BCUT2D eigenvalue weighted by Gasteiger charge is -2.29.